The molecular weight excluding hydrogens is 260 g/mol. The molecule has 2 rings (SSSR count). The number of nitrogens with two attached hydrogens (primary N) is 1. The average Bonchev–Trinajstić information content (AvgIpc) is 2.31. The van der Waals surface area contributed by atoms with Crippen LogP contribution >= 0.6 is 12.2 Å². The summed E-state index contributed by atoms with van der Waals surface area (Å²) in [6.07, 6.45) is 3.15. The molecule has 0 aromatic carbocycles. The molecule has 1 saturated carbocycles. The van der Waals surface area contributed by atoms with Crippen molar-refractivity contribution < 1.29 is 4.79 Å². The Morgan fingerprint density at radius 1 is 1.63 bits per heavy atom. The molecule has 0 bridgehead atoms. The number of aryl methyl sites for hydroxylation is 1. The van der Waals surface area contributed by atoms with Gasteiger partial charge in [0.15, 0.2) is 0 Å². The molecule has 1 aliphatic rings. The first kappa shape index (κ1) is 13.9. The molecule has 3 N–H and O–H groups in total. The van der Waals surface area contributed by atoms with Gasteiger partial charge in [-0.2, -0.15) is 0 Å². The van der Waals surface area contributed by atoms with Gasteiger partial charge in [0.1, 0.15) is 5.82 Å². The van der Waals surface area contributed by atoms with Crippen LogP contribution in [-0.4, -0.2) is 20.9 Å². The van der Waals surface area contributed by atoms with Gasteiger partial charge in [-0.3, -0.25) is 4.79 Å². The van der Waals surface area contributed by atoms with Crippen LogP contribution in [0.15, 0.2) is 12.3 Å². The highest BCUT2D eigenvalue weighted by molar-refractivity contribution is 7.80. The van der Waals surface area contributed by atoms with Crippen molar-refractivity contribution in [1.29, 1.82) is 0 Å². The number of amides is 1. The molecule has 0 spiro atoms. The van der Waals surface area contributed by atoms with Crippen LogP contribution in [0.4, 0.5) is 0 Å². The lowest BCUT2D eigenvalue weighted by molar-refractivity contribution is -0.133. The van der Waals surface area contributed by atoms with E-state index in [4.69, 9.17) is 18.0 Å². The molecule has 102 valence electrons. The van der Waals surface area contributed by atoms with Crippen molar-refractivity contribution in [3.8, 4) is 0 Å². The molecule has 0 saturated heterocycles. The SMILES string of the molecule is Cc1nccc(CNC(=O)C2(C(N)=S)CC(C)C2)n1. The second-order valence-electron chi connectivity index (χ2n) is 5.24. The van der Waals surface area contributed by atoms with Crippen LogP contribution < -0.4 is 11.1 Å². The smallest absolute Gasteiger partial charge is 0.233 e. The Morgan fingerprint density at radius 3 is 2.84 bits per heavy atom. The van der Waals surface area contributed by atoms with Crippen LogP contribution in [0.3, 0.4) is 0 Å². The minimum Gasteiger partial charge on any atom is -0.392 e. The summed E-state index contributed by atoms with van der Waals surface area (Å²) in [6.45, 7) is 4.29. The Labute approximate surface area is 118 Å². The van der Waals surface area contributed by atoms with Crippen molar-refractivity contribution in [3.63, 3.8) is 0 Å². The zero-order valence-corrected chi connectivity index (χ0v) is 12.0. The monoisotopic (exact) mass is 278 g/mol. The number of aromatic nitrogens is 2. The molecule has 1 heterocycles. The summed E-state index contributed by atoms with van der Waals surface area (Å²) >= 11 is 5.05. The fourth-order valence-electron chi connectivity index (χ4n) is 2.57. The molecule has 19 heavy (non-hydrogen) atoms. The van der Waals surface area contributed by atoms with E-state index in [-0.39, 0.29) is 5.91 Å². The van der Waals surface area contributed by atoms with Crippen LogP contribution in [0.1, 0.15) is 31.3 Å². The van der Waals surface area contributed by atoms with Gasteiger partial charge in [0.2, 0.25) is 5.91 Å². The summed E-state index contributed by atoms with van der Waals surface area (Å²) in [5.74, 6) is 1.09. The van der Waals surface area contributed by atoms with E-state index < -0.39 is 5.41 Å². The Bertz CT molecular complexity index is 511. The average molecular weight is 278 g/mol. The van der Waals surface area contributed by atoms with Crippen molar-refractivity contribution in [2.75, 3.05) is 0 Å². The second kappa shape index (κ2) is 5.21. The van der Waals surface area contributed by atoms with E-state index in [2.05, 4.69) is 22.2 Å². The second-order valence-corrected chi connectivity index (χ2v) is 5.68. The molecule has 6 heteroatoms. The number of hydrogen-bond acceptors (Lipinski definition) is 4. The van der Waals surface area contributed by atoms with Gasteiger partial charge in [-0.1, -0.05) is 19.1 Å². The third kappa shape index (κ3) is 2.73. The van der Waals surface area contributed by atoms with Gasteiger partial charge >= 0.3 is 0 Å². The lowest BCUT2D eigenvalue weighted by Crippen LogP contribution is -2.55. The first-order valence-electron chi connectivity index (χ1n) is 6.31. The quantitative estimate of drug-likeness (QED) is 0.806. The number of hydrogen-bond donors (Lipinski definition) is 2. The zero-order chi connectivity index (χ0) is 14.0. The normalized spacial score (nSPS) is 25.5. The molecule has 0 aliphatic heterocycles. The van der Waals surface area contributed by atoms with E-state index >= 15 is 0 Å². The predicted octanol–water partition coefficient (Wildman–Crippen LogP) is 1.10. The van der Waals surface area contributed by atoms with Gasteiger partial charge in [-0.15, -0.1) is 0 Å². The van der Waals surface area contributed by atoms with Crippen molar-refractivity contribution in [3.05, 3.63) is 23.8 Å². The highest BCUT2D eigenvalue weighted by Crippen LogP contribution is 2.45. The Hall–Kier alpha value is -1.56. The molecule has 1 fully saturated rings. The molecule has 5 nitrogen and oxygen atoms in total. The Balaban J connectivity index is 1.99. The predicted molar refractivity (Wildman–Crippen MR) is 76.2 cm³/mol. The molecule has 1 aliphatic carbocycles. The summed E-state index contributed by atoms with van der Waals surface area (Å²) in [5, 5.41) is 2.87. The van der Waals surface area contributed by atoms with Crippen molar-refractivity contribution in [2.24, 2.45) is 17.1 Å². The highest BCUT2D eigenvalue weighted by atomic mass is 32.1. The van der Waals surface area contributed by atoms with E-state index in [0.717, 1.165) is 18.5 Å². The minimum atomic E-state index is -0.656. The van der Waals surface area contributed by atoms with Crippen LogP contribution in [-0.2, 0) is 11.3 Å². The van der Waals surface area contributed by atoms with E-state index in [9.17, 15) is 4.79 Å². The molecule has 1 aromatic heterocycles. The molecule has 1 aromatic rings. The number of rotatable bonds is 4. The van der Waals surface area contributed by atoms with E-state index in [1.54, 1.807) is 12.3 Å². The van der Waals surface area contributed by atoms with E-state index in [1.807, 2.05) is 6.92 Å². The fraction of sp³-hybridized carbons (Fsp3) is 0.538. The Kier molecular flexibility index (Phi) is 3.80. The zero-order valence-electron chi connectivity index (χ0n) is 11.1. The minimum absolute atomic E-state index is 0.0886. The lowest BCUT2D eigenvalue weighted by Gasteiger charge is -2.44. The fourth-order valence-corrected chi connectivity index (χ4v) is 2.83. The summed E-state index contributed by atoms with van der Waals surface area (Å²) in [5.41, 5.74) is 5.86. The van der Waals surface area contributed by atoms with Gasteiger partial charge in [-0.25, -0.2) is 9.97 Å². The Morgan fingerprint density at radius 2 is 2.32 bits per heavy atom. The number of carbonyl (C=O) groups is 1. The van der Waals surface area contributed by atoms with Crippen molar-refractivity contribution in [2.45, 2.75) is 33.2 Å². The first-order valence-corrected chi connectivity index (χ1v) is 6.71. The molecule has 0 radical (unpaired) electrons. The standard InChI is InChI=1S/C13H18N4OS/c1-8-5-13(6-8,11(14)19)12(18)16-7-10-3-4-15-9(2)17-10/h3-4,8H,5-7H2,1-2H3,(H2,14,19)(H,16,18). The molecular formula is C13H18N4OS. The van der Waals surface area contributed by atoms with Crippen LogP contribution in [0.2, 0.25) is 0 Å². The number of nitrogens with one attached hydrogen (secondary N) is 1. The number of carbonyl (C=O) groups excluding carboxylic acids is 1. The maximum atomic E-state index is 12.3. The largest absolute Gasteiger partial charge is 0.392 e. The third-order valence-electron chi connectivity index (χ3n) is 3.56. The van der Waals surface area contributed by atoms with Crippen molar-refractivity contribution in [1.82, 2.24) is 15.3 Å². The van der Waals surface area contributed by atoms with Gasteiger partial charge in [0.25, 0.3) is 0 Å². The van der Waals surface area contributed by atoms with Crippen LogP contribution in [0.5, 0.6) is 0 Å². The van der Waals surface area contributed by atoms with Gasteiger partial charge in [-0.05, 0) is 31.7 Å². The van der Waals surface area contributed by atoms with Crippen molar-refractivity contribution >= 4 is 23.1 Å². The number of nitrogens with zero attached hydrogens (tertiary/aromatic N) is 2. The van der Waals surface area contributed by atoms with Gasteiger partial charge in [0.05, 0.1) is 22.6 Å². The molecule has 0 atom stereocenters. The van der Waals surface area contributed by atoms with E-state index in [0.29, 0.717) is 23.3 Å². The topological polar surface area (TPSA) is 80.9 Å². The summed E-state index contributed by atoms with van der Waals surface area (Å²) < 4.78 is 0. The first-order chi connectivity index (χ1) is 8.94. The molecule has 1 amide bonds. The summed E-state index contributed by atoms with van der Waals surface area (Å²) in [7, 11) is 0. The highest BCUT2D eigenvalue weighted by Gasteiger charge is 2.50. The summed E-state index contributed by atoms with van der Waals surface area (Å²) in [4.78, 5) is 20.8. The maximum Gasteiger partial charge on any atom is 0.233 e. The maximum absolute atomic E-state index is 12.3. The summed E-state index contributed by atoms with van der Waals surface area (Å²) in [6, 6.07) is 1.78. The van der Waals surface area contributed by atoms with Crippen LogP contribution in [0, 0.1) is 18.3 Å². The van der Waals surface area contributed by atoms with E-state index in [1.165, 1.54) is 0 Å². The van der Waals surface area contributed by atoms with Gasteiger partial charge < -0.3 is 11.1 Å². The number of thiocarbonyl (C=S) groups is 1. The van der Waals surface area contributed by atoms with Crippen LogP contribution in [0.25, 0.3) is 0 Å². The lowest BCUT2D eigenvalue weighted by atomic mass is 9.62. The molecule has 0 unspecified atom stereocenters. The third-order valence-corrected chi connectivity index (χ3v) is 3.95. The van der Waals surface area contributed by atoms with Gasteiger partial charge in [0, 0.05) is 6.20 Å².